The van der Waals surface area contributed by atoms with E-state index < -0.39 is 11.9 Å². The molecule has 0 bridgehead atoms. The van der Waals surface area contributed by atoms with Crippen LogP contribution in [0.15, 0.2) is 54.6 Å². The summed E-state index contributed by atoms with van der Waals surface area (Å²) in [7, 11) is 0. The first-order valence-corrected chi connectivity index (χ1v) is 6.93. The molecule has 0 heterocycles. The highest BCUT2D eigenvalue weighted by molar-refractivity contribution is 5.81. The summed E-state index contributed by atoms with van der Waals surface area (Å²) in [6.45, 7) is 2.25. The number of rotatable bonds is 6. The minimum Gasteiger partial charge on any atom is -0.478 e. The third kappa shape index (κ3) is 4.31. The Labute approximate surface area is 123 Å². The van der Waals surface area contributed by atoms with Gasteiger partial charge < -0.3 is 10.1 Å². The average Bonchev–Trinajstić information content (AvgIpc) is 2.53. The molecule has 1 atom stereocenters. The maximum Gasteiger partial charge on any atom is 0.261 e. The number of benzene rings is 2. The standard InChI is InChI=1S/C17H18FNO2/c1-2-15(21-16-11-7-6-10-14(16)18)17(20)19-12-13-8-4-3-5-9-13/h3-11,15H,2,12H2,1H3,(H,19,20)/t15-/m0/s1. The molecule has 0 fully saturated rings. The van der Waals surface area contributed by atoms with Gasteiger partial charge in [0, 0.05) is 6.54 Å². The Bertz CT molecular complexity index is 586. The number of hydrogen-bond acceptors (Lipinski definition) is 2. The second-order valence-corrected chi connectivity index (χ2v) is 4.65. The first kappa shape index (κ1) is 15.0. The quantitative estimate of drug-likeness (QED) is 0.885. The highest BCUT2D eigenvalue weighted by Crippen LogP contribution is 2.18. The van der Waals surface area contributed by atoms with Crippen LogP contribution in [0.5, 0.6) is 5.75 Å². The second-order valence-electron chi connectivity index (χ2n) is 4.65. The van der Waals surface area contributed by atoms with Crippen molar-refractivity contribution < 1.29 is 13.9 Å². The predicted molar refractivity (Wildman–Crippen MR) is 79.4 cm³/mol. The molecular formula is C17H18FNO2. The van der Waals surface area contributed by atoms with E-state index in [4.69, 9.17) is 4.74 Å². The highest BCUT2D eigenvalue weighted by atomic mass is 19.1. The largest absolute Gasteiger partial charge is 0.478 e. The molecule has 0 spiro atoms. The van der Waals surface area contributed by atoms with Crippen LogP contribution in [-0.4, -0.2) is 12.0 Å². The molecule has 0 saturated carbocycles. The van der Waals surface area contributed by atoms with Gasteiger partial charge in [0.1, 0.15) is 0 Å². The van der Waals surface area contributed by atoms with Gasteiger partial charge in [0.05, 0.1) is 0 Å². The van der Waals surface area contributed by atoms with E-state index in [9.17, 15) is 9.18 Å². The summed E-state index contributed by atoms with van der Waals surface area (Å²) >= 11 is 0. The maximum absolute atomic E-state index is 13.5. The molecule has 0 aromatic heterocycles. The summed E-state index contributed by atoms with van der Waals surface area (Å²) in [4.78, 5) is 12.1. The van der Waals surface area contributed by atoms with Gasteiger partial charge in [-0.3, -0.25) is 4.79 Å². The van der Waals surface area contributed by atoms with Crippen LogP contribution in [0.4, 0.5) is 4.39 Å². The van der Waals surface area contributed by atoms with E-state index in [-0.39, 0.29) is 11.7 Å². The monoisotopic (exact) mass is 287 g/mol. The van der Waals surface area contributed by atoms with Crippen LogP contribution in [0.1, 0.15) is 18.9 Å². The minimum atomic E-state index is -0.703. The van der Waals surface area contributed by atoms with Crippen molar-refractivity contribution >= 4 is 5.91 Å². The Balaban J connectivity index is 1.94. The summed E-state index contributed by atoms with van der Waals surface area (Å²) in [5.41, 5.74) is 1.01. The van der Waals surface area contributed by atoms with Crippen molar-refractivity contribution in [3.8, 4) is 5.75 Å². The van der Waals surface area contributed by atoms with E-state index in [0.29, 0.717) is 13.0 Å². The molecule has 2 aromatic rings. The molecule has 0 unspecified atom stereocenters. The first-order valence-electron chi connectivity index (χ1n) is 6.93. The van der Waals surface area contributed by atoms with Crippen molar-refractivity contribution in [3.63, 3.8) is 0 Å². The maximum atomic E-state index is 13.5. The summed E-state index contributed by atoms with van der Waals surface area (Å²) < 4.78 is 19.0. The van der Waals surface area contributed by atoms with Gasteiger partial charge in [0.25, 0.3) is 5.91 Å². The number of hydrogen-bond donors (Lipinski definition) is 1. The van der Waals surface area contributed by atoms with E-state index in [1.165, 1.54) is 12.1 Å². The van der Waals surface area contributed by atoms with Gasteiger partial charge in [0.2, 0.25) is 0 Å². The molecule has 1 amide bonds. The predicted octanol–water partition coefficient (Wildman–Crippen LogP) is 3.30. The number of nitrogens with one attached hydrogen (secondary N) is 1. The topological polar surface area (TPSA) is 38.3 Å². The van der Waals surface area contributed by atoms with E-state index in [1.807, 2.05) is 37.3 Å². The Hall–Kier alpha value is -2.36. The highest BCUT2D eigenvalue weighted by Gasteiger charge is 2.19. The third-order valence-corrected chi connectivity index (χ3v) is 3.08. The summed E-state index contributed by atoms with van der Waals surface area (Å²) in [5, 5.41) is 2.80. The van der Waals surface area contributed by atoms with Crippen molar-refractivity contribution in [1.82, 2.24) is 5.32 Å². The van der Waals surface area contributed by atoms with Gasteiger partial charge in [-0.2, -0.15) is 0 Å². The Morgan fingerprint density at radius 1 is 1.14 bits per heavy atom. The van der Waals surface area contributed by atoms with Gasteiger partial charge in [-0.25, -0.2) is 4.39 Å². The van der Waals surface area contributed by atoms with Crippen molar-refractivity contribution in [2.24, 2.45) is 0 Å². The molecule has 1 N–H and O–H groups in total. The molecule has 0 aliphatic rings. The summed E-state index contributed by atoms with van der Waals surface area (Å²) in [5.74, 6) is -0.615. The third-order valence-electron chi connectivity index (χ3n) is 3.08. The Morgan fingerprint density at radius 2 is 1.81 bits per heavy atom. The fourth-order valence-electron chi connectivity index (χ4n) is 1.91. The SMILES string of the molecule is CC[C@H](Oc1ccccc1F)C(=O)NCc1ccccc1. The van der Waals surface area contributed by atoms with Crippen molar-refractivity contribution in [2.75, 3.05) is 0 Å². The second kappa shape index (κ2) is 7.43. The number of carbonyl (C=O) groups excluding carboxylic acids is 1. The molecule has 21 heavy (non-hydrogen) atoms. The number of carbonyl (C=O) groups is 1. The van der Waals surface area contributed by atoms with Crippen molar-refractivity contribution in [2.45, 2.75) is 26.0 Å². The zero-order valence-electron chi connectivity index (χ0n) is 11.9. The molecule has 2 aromatic carbocycles. The normalized spacial score (nSPS) is 11.7. The molecule has 4 heteroatoms. The van der Waals surface area contributed by atoms with Crippen LogP contribution in [0.25, 0.3) is 0 Å². The molecular weight excluding hydrogens is 269 g/mol. The lowest BCUT2D eigenvalue weighted by Gasteiger charge is -2.17. The average molecular weight is 287 g/mol. The van der Waals surface area contributed by atoms with Gasteiger partial charge in [-0.15, -0.1) is 0 Å². The molecule has 3 nitrogen and oxygen atoms in total. The van der Waals surface area contributed by atoms with E-state index in [0.717, 1.165) is 5.56 Å². The number of ether oxygens (including phenoxy) is 1. The van der Waals surface area contributed by atoms with Gasteiger partial charge in [0.15, 0.2) is 17.7 Å². The van der Waals surface area contributed by atoms with Crippen molar-refractivity contribution in [3.05, 3.63) is 66.0 Å². The zero-order valence-corrected chi connectivity index (χ0v) is 11.9. The van der Waals surface area contributed by atoms with Crippen LogP contribution in [0, 0.1) is 5.82 Å². The number of halogens is 1. The Kier molecular flexibility index (Phi) is 5.32. The van der Waals surface area contributed by atoms with Crippen LogP contribution in [0.3, 0.4) is 0 Å². The Morgan fingerprint density at radius 3 is 2.48 bits per heavy atom. The van der Waals surface area contributed by atoms with E-state index in [1.54, 1.807) is 12.1 Å². The van der Waals surface area contributed by atoms with Crippen molar-refractivity contribution in [1.29, 1.82) is 0 Å². The smallest absolute Gasteiger partial charge is 0.261 e. The lowest BCUT2D eigenvalue weighted by atomic mass is 10.2. The van der Waals surface area contributed by atoms with E-state index in [2.05, 4.69) is 5.32 Å². The summed E-state index contributed by atoms with van der Waals surface area (Å²) in [6, 6.07) is 15.7. The summed E-state index contributed by atoms with van der Waals surface area (Å²) in [6.07, 6.45) is -0.236. The number of para-hydroxylation sites is 1. The fourth-order valence-corrected chi connectivity index (χ4v) is 1.91. The molecule has 0 aliphatic carbocycles. The molecule has 0 aliphatic heterocycles. The minimum absolute atomic E-state index is 0.0965. The van der Waals surface area contributed by atoms with Gasteiger partial charge >= 0.3 is 0 Å². The lowest BCUT2D eigenvalue weighted by Crippen LogP contribution is -2.37. The molecule has 2 rings (SSSR count). The molecule has 0 saturated heterocycles. The lowest BCUT2D eigenvalue weighted by molar-refractivity contribution is -0.128. The molecule has 0 radical (unpaired) electrons. The number of amides is 1. The fraction of sp³-hybridized carbons (Fsp3) is 0.235. The van der Waals surface area contributed by atoms with Gasteiger partial charge in [-0.1, -0.05) is 49.4 Å². The first-order chi connectivity index (χ1) is 10.2. The van der Waals surface area contributed by atoms with Gasteiger partial charge in [-0.05, 0) is 24.1 Å². The van der Waals surface area contributed by atoms with Crippen LogP contribution >= 0.6 is 0 Å². The zero-order chi connectivity index (χ0) is 15.1. The van der Waals surface area contributed by atoms with E-state index >= 15 is 0 Å². The molecule has 110 valence electrons. The van der Waals surface area contributed by atoms with Crippen LogP contribution in [0.2, 0.25) is 0 Å². The van der Waals surface area contributed by atoms with Crippen LogP contribution in [-0.2, 0) is 11.3 Å². The van der Waals surface area contributed by atoms with Crippen LogP contribution < -0.4 is 10.1 Å².